The Morgan fingerprint density at radius 3 is 2.39 bits per heavy atom. The number of carbonyl (C=O) groups is 2. The maximum absolute atomic E-state index is 12.3. The van der Waals surface area contributed by atoms with E-state index in [4.69, 9.17) is 21.8 Å². The van der Waals surface area contributed by atoms with E-state index in [1.165, 1.54) is 6.92 Å². The van der Waals surface area contributed by atoms with Crippen molar-refractivity contribution in [1.82, 2.24) is 5.32 Å². The Kier molecular flexibility index (Phi) is 6.15. The third kappa shape index (κ3) is 4.43. The van der Waals surface area contributed by atoms with Crippen LogP contribution in [0.5, 0.6) is 0 Å². The number of aryl methyl sites for hydroxylation is 1. The van der Waals surface area contributed by atoms with Crippen LogP contribution in [0.3, 0.4) is 0 Å². The second kappa shape index (κ2) is 7.29. The quantitative estimate of drug-likeness (QED) is 0.696. The zero-order chi connectivity index (χ0) is 17.9. The van der Waals surface area contributed by atoms with Crippen molar-refractivity contribution in [3.63, 3.8) is 0 Å². The number of halogens is 1. The third-order valence-corrected chi connectivity index (χ3v) is 4.81. The molecule has 1 aromatic rings. The minimum absolute atomic E-state index is 0.0885. The summed E-state index contributed by atoms with van der Waals surface area (Å²) in [7, 11) is -3.81. The summed E-state index contributed by atoms with van der Waals surface area (Å²) in [6.07, 6.45) is 0.916. The van der Waals surface area contributed by atoms with Gasteiger partial charge in [-0.2, -0.15) is 0 Å². The number of hydrogen-bond acceptors (Lipinski definition) is 5. The van der Waals surface area contributed by atoms with Crippen LogP contribution in [-0.2, 0) is 9.84 Å². The van der Waals surface area contributed by atoms with Crippen molar-refractivity contribution in [2.45, 2.75) is 18.7 Å². The predicted molar refractivity (Wildman–Crippen MR) is 84.8 cm³/mol. The van der Waals surface area contributed by atoms with Crippen LogP contribution in [-0.4, -0.2) is 49.9 Å². The van der Waals surface area contributed by atoms with Crippen LogP contribution in [0.15, 0.2) is 11.0 Å². The largest absolute Gasteiger partial charge is 0.478 e. The molecule has 0 heterocycles. The van der Waals surface area contributed by atoms with E-state index in [0.717, 1.165) is 12.3 Å². The predicted octanol–water partition coefficient (Wildman–Crippen LogP) is 1.11. The first-order valence-electron chi connectivity index (χ1n) is 6.66. The number of sulfone groups is 1. The maximum Gasteiger partial charge on any atom is 0.337 e. The zero-order valence-electron chi connectivity index (χ0n) is 12.9. The minimum Gasteiger partial charge on any atom is -0.478 e. The number of amides is 1. The van der Waals surface area contributed by atoms with E-state index < -0.39 is 32.3 Å². The van der Waals surface area contributed by atoms with E-state index in [-0.39, 0.29) is 35.1 Å². The Bertz CT molecular complexity index is 744. The molecule has 9 heteroatoms. The Labute approximate surface area is 139 Å². The zero-order valence-corrected chi connectivity index (χ0v) is 14.5. The molecule has 7 nitrogen and oxygen atoms in total. The van der Waals surface area contributed by atoms with Crippen LogP contribution in [0.25, 0.3) is 0 Å². The maximum atomic E-state index is 12.3. The molecule has 0 spiro atoms. The van der Waals surface area contributed by atoms with Crippen molar-refractivity contribution in [2.75, 3.05) is 19.4 Å². The van der Waals surface area contributed by atoms with Gasteiger partial charge in [0.2, 0.25) is 0 Å². The first-order chi connectivity index (χ1) is 10.5. The lowest BCUT2D eigenvalue weighted by atomic mass is 10.0. The van der Waals surface area contributed by atoms with Gasteiger partial charge in [0.15, 0.2) is 9.84 Å². The van der Waals surface area contributed by atoms with Crippen LogP contribution in [0, 0.1) is 12.8 Å². The van der Waals surface area contributed by atoms with Crippen LogP contribution in [0.2, 0.25) is 5.02 Å². The molecule has 1 aromatic carbocycles. The van der Waals surface area contributed by atoms with Gasteiger partial charge in [-0.15, -0.1) is 0 Å². The highest BCUT2D eigenvalue weighted by molar-refractivity contribution is 7.90. The highest BCUT2D eigenvalue weighted by atomic mass is 35.5. The van der Waals surface area contributed by atoms with Crippen LogP contribution >= 0.6 is 11.6 Å². The number of aliphatic hydroxyl groups is 1. The van der Waals surface area contributed by atoms with Crippen LogP contribution in [0.4, 0.5) is 0 Å². The fourth-order valence-corrected chi connectivity index (χ4v) is 3.61. The topological polar surface area (TPSA) is 121 Å². The van der Waals surface area contributed by atoms with Gasteiger partial charge in [-0.3, -0.25) is 4.79 Å². The summed E-state index contributed by atoms with van der Waals surface area (Å²) < 4.78 is 24.0. The van der Waals surface area contributed by atoms with Gasteiger partial charge >= 0.3 is 5.97 Å². The molecule has 0 bridgehead atoms. The molecule has 128 valence electrons. The first kappa shape index (κ1) is 19.4. The number of aromatic carboxylic acids is 1. The third-order valence-electron chi connectivity index (χ3n) is 3.15. The molecule has 0 aliphatic rings. The average molecular weight is 364 g/mol. The lowest BCUT2D eigenvalue weighted by Gasteiger charge is -2.16. The summed E-state index contributed by atoms with van der Waals surface area (Å²) in [5.41, 5.74) is -0.622. The summed E-state index contributed by atoms with van der Waals surface area (Å²) in [6.45, 7) is 3.00. The highest BCUT2D eigenvalue weighted by Gasteiger charge is 2.28. The van der Waals surface area contributed by atoms with Crippen LogP contribution < -0.4 is 5.32 Å². The molecule has 0 fully saturated rings. The average Bonchev–Trinajstić information content (AvgIpc) is 2.44. The Hall–Kier alpha value is -1.64. The van der Waals surface area contributed by atoms with Gasteiger partial charge in [0, 0.05) is 19.4 Å². The number of nitrogens with one attached hydrogen (secondary N) is 1. The van der Waals surface area contributed by atoms with Gasteiger partial charge < -0.3 is 15.5 Å². The van der Waals surface area contributed by atoms with E-state index >= 15 is 0 Å². The van der Waals surface area contributed by atoms with E-state index in [1.807, 2.05) is 0 Å². The molecule has 3 N–H and O–H groups in total. The lowest BCUT2D eigenvalue weighted by molar-refractivity contribution is 0.0697. The van der Waals surface area contributed by atoms with E-state index in [2.05, 4.69) is 5.32 Å². The van der Waals surface area contributed by atoms with Crippen LogP contribution in [0.1, 0.15) is 33.2 Å². The molecule has 0 saturated carbocycles. The second-order valence-electron chi connectivity index (χ2n) is 5.33. The van der Waals surface area contributed by atoms with Gasteiger partial charge in [-0.25, -0.2) is 13.2 Å². The Balaban J connectivity index is 3.53. The summed E-state index contributed by atoms with van der Waals surface area (Å²) in [5.74, 6) is -2.42. The minimum atomic E-state index is -3.81. The number of hydrogen-bond donors (Lipinski definition) is 3. The SMILES string of the molecule is Cc1cc(C(=O)O)c(Cl)c(C(=O)NCC(C)CO)c1S(C)(=O)=O. The number of aliphatic hydroxyl groups excluding tert-OH is 1. The van der Waals surface area contributed by atoms with Gasteiger partial charge in [-0.05, 0) is 24.5 Å². The number of carboxylic acids is 1. The normalized spacial score (nSPS) is 12.7. The summed E-state index contributed by atoms with van der Waals surface area (Å²) in [4.78, 5) is 23.3. The molecule has 1 rings (SSSR count). The fourth-order valence-electron chi connectivity index (χ4n) is 2.03. The van der Waals surface area contributed by atoms with Gasteiger partial charge in [-0.1, -0.05) is 18.5 Å². The Morgan fingerprint density at radius 2 is 1.96 bits per heavy atom. The molecular formula is C14H18ClNO6S. The van der Waals surface area contributed by atoms with Crippen molar-refractivity contribution in [1.29, 1.82) is 0 Å². The van der Waals surface area contributed by atoms with E-state index in [0.29, 0.717) is 0 Å². The van der Waals surface area contributed by atoms with Crippen molar-refractivity contribution in [2.24, 2.45) is 5.92 Å². The smallest absolute Gasteiger partial charge is 0.337 e. The second-order valence-corrected chi connectivity index (χ2v) is 7.66. The van der Waals surface area contributed by atoms with E-state index in [9.17, 15) is 18.0 Å². The number of rotatable bonds is 6. The number of carboxylic acid groups (broad SMARTS) is 1. The van der Waals surface area contributed by atoms with Crippen molar-refractivity contribution >= 4 is 33.3 Å². The Morgan fingerprint density at radius 1 is 1.39 bits per heavy atom. The monoisotopic (exact) mass is 363 g/mol. The van der Waals surface area contributed by atoms with Gasteiger partial charge in [0.25, 0.3) is 5.91 Å². The molecule has 23 heavy (non-hydrogen) atoms. The molecule has 0 radical (unpaired) electrons. The van der Waals surface area contributed by atoms with Gasteiger partial charge in [0.1, 0.15) is 0 Å². The molecule has 0 aromatic heterocycles. The molecule has 0 saturated heterocycles. The first-order valence-corrected chi connectivity index (χ1v) is 8.93. The molecule has 1 unspecified atom stereocenters. The van der Waals surface area contributed by atoms with E-state index in [1.54, 1.807) is 6.92 Å². The summed E-state index contributed by atoms with van der Waals surface area (Å²) in [6, 6.07) is 1.12. The number of carbonyl (C=O) groups excluding carboxylic acids is 1. The van der Waals surface area contributed by atoms with Gasteiger partial charge in [0.05, 0.1) is 21.0 Å². The highest BCUT2D eigenvalue weighted by Crippen LogP contribution is 2.31. The number of benzene rings is 1. The molecule has 1 amide bonds. The summed E-state index contributed by atoms with van der Waals surface area (Å²) >= 11 is 5.98. The standard InChI is InChI=1S/C14H18ClNO6S/c1-7(6-17)5-16-13(18)10-11(15)9(14(19)20)4-8(2)12(10)23(3,21)22/h4,7,17H,5-6H2,1-3H3,(H,16,18)(H,19,20). The molecule has 0 aliphatic heterocycles. The fraction of sp³-hybridized carbons (Fsp3) is 0.429. The lowest BCUT2D eigenvalue weighted by Crippen LogP contribution is -2.31. The molecule has 0 aliphatic carbocycles. The molecule has 1 atom stereocenters. The molecular weight excluding hydrogens is 346 g/mol. The van der Waals surface area contributed by atoms with Crippen molar-refractivity contribution in [3.05, 3.63) is 27.8 Å². The summed E-state index contributed by atoms with van der Waals surface area (Å²) in [5, 5.41) is 20.1. The van der Waals surface area contributed by atoms with Crippen molar-refractivity contribution in [3.8, 4) is 0 Å². The van der Waals surface area contributed by atoms with Crippen molar-refractivity contribution < 1.29 is 28.2 Å².